The van der Waals surface area contributed by atoms with Crippen LogP contribution in [0.4, 0.5) is 0 Å². The number of aromatic hydroxyl groups is 4. The molecule has 0 saturated carbocycles. The van der Waals surface area contributed by atoms with Crippen LogP contribution in [-0.2, 0) is 6.54 Å². The van der Waals surface area contributed by atoms with Gasteiger partial charge in [0.25, 0.3) is 5.91 Å². The van der Waals surface area contributed by atoms with Gasteiger partial charge < -0.3 is 30.8 Å². The van der Waals surface area contributed by atoms with Crippen LogP contribution in [-0.4, -0.2) is 37.4 Å². The molecule has 0 atom stereocenters. The Bertz CT molecular complexity index is 786. The van der Waals surface area contributed by atoms with Crippen molar-refractivity contribution in [1.29, 1.82) is 0 Å². The number of phenols is 4. The highest BCUT2D eigenvalue weighted by atomic mass is 16.4. The average molecular weight is 319 g/mol. The smallest absolute Gasteiger partial charge is 0.339 e. The number of carboxylic acid groups (broad SMARTS) is 1. The molecule has 120 valence electrons. The minimum absolute atomic E-state index is 0.0514. The average Bonchev–Trinajstić information content (AvgIpc) is 2.49. The summed E-state index contributed by atoms with van der Waals surface area (Å²) in [6.07, 6.45) is 0. The number of phenolic OH excluding ortho intramolecular Hbond substituents is 3. The molecule has 2 aromatic carbocycles. The zero-order chi connectivity index (χ0) is 17.1. The fourth-order valence-electron chi connectivity index (χ4n) is 1.91. The second-order valence-electron chi connectivity index (χ2n) is 4.70. The first-order valence-corrected chi connectivity index (χ1v) is 6.38. The molecule has 2 rings (SSSR count). The van der Waals surface area contributed by atoms with Crippen LogP contribution in [0.15, 0.2) is 30.3 Å². The molecular formula is C15H13NO7. The van der Waals surface area contributed by atoms with E-state index in [1.165, 1.54) is 18.2 Å². The lowest BCUT2D eigenvalue weighted by Crippen LogP contribution is -2.23. The molecule has 23 heavy (non-hydrogen) atoms. The van der Waals surface area contributed by atoms with Crippen molar-refractivity contribution in [2.45, 2.75) is 6.54 Å². The summed E-state index contributed by atoms with van der Waals surface area (Å²) in [5.41, 5.74) is -0.533. The van der Waals surface area contributed by atoms with E-state index in [2.05, 4.69) is 5.32 Å². The van der Waals surface area contributed by atoms with Crippen LogP contribution >= 0.6 is 0 Å². The zero-order valence-electron chi connectivity index (χ0n) is 11.6. The Labute approximate surface area is 129 Å². The van der Waals surface area contributed by atoms with E-state index < -0.39 is 34.5 Å². The van der Waals surface area contributed by atoms with E-state index >= 15 is 0 Å². The number of rotatable bonds is 4. The van der Waals surface area contributed by atoms with E-state index in [-0.39, 0.29) is 18.0 Å². The molecule has 2 aromatic rings. The quantitative estimate of drug-likeness (QED) is 0.365. The number of carbonyl (C=O) groups excluding carboxylic acids is 1. The molecule has 0 aromatic heterocycles. The Kier molecular flexibility index (Phi) is 4.26. The predicted molar refractivity (Wildman–Crippen MR) is 77.7 cm³/mol. The molecule has 0 aliphatic heterocycles. The monoisotopic (exact) mass is 319 g/mol. The van der Waals surface area contributed by atoms with Crippen LogP contribution in [0, 0.1) is 0 Å². The van der Waals surface area contributed by atoms with Gasteiger partial charge in [-0.3, -0.25) is 4.79 Å². The molecule has 1 amide bonds. The summed E-state index contributed by atoms with van der Waals surface area (Å²) in [4.78, 5) is 23.0. The Morgan fingerprint density at radius 3 is 2.17 bits per heavy atom. The first kappa shape index (κ1) is 16.0. The van der Waals surface area contributed by atoms with Crippen molar-refractivity contribution in [1.82, 2.24) is 5.32 Å². The third-order valence-corrected chi connectivity index (χ3v) is 3.06. The van der Waals surface area contributed by atoms with Gasteiger partial charge in [-0.1, -0.05) is 6.07 Å². The molecule has 0 aliphatic rings. The zero-order valence-corrected chi connectivity index (χ0v) is 11.6. The molecule has 0 aliphatic carbocycles. The van der Waals surface area contributed by atoms with E-state index in [0.717, 1.165) is 12.1 Å². The maximum atomic E-state index is 12.0. The number of hydrogen-bond acceptors (Lipinski definition) is 6. The second-order valence-corrected chi connectivity index (χ2v) is 4.70. The van der Waals surface area contributed by atoms with Crippen LogP contribution < -0.4 is 5.32 Å². The molecular weight excluding hydrogens is 306 g/mol. The van der Waals surface area contributed by atoms with Gasteiger partial charge in [-0.2, -0.15) is 0 Å². The lowest BCUT2D eigenvalue weighted by molar-refractivity contribution is 0.0693. The number of carbonyl (C=O) groups is 2. The van der Waals surface area contributed by atoms with E-state index in [4.69, 9.17) is 5.11 Å². The fourth-order valence-corrected chi connectivity index (χ4v) is 1.91. The Morgan fingerprint density at radius 2 is 1.57 bits per heavy atom. The van der Waals surface area contributed by atoms with Gasteiger partial charge in [-0.25, -0.2) is 4.79 Å². The lowest BCUT2D eigenvalue weighted by atomic mass is 10.1. The Hall–Kier alpha value is -3.42. The van der Waals surface area contributed by atoms with Crippen molar-refractivity contribution in [2.24, 2.45) is 0 Å². The topological polar surface area (TPSA) is 147 Å². The highest BCUT2D eigenvalue weighted by Gasteiger charge is 2.20. The molecule has 0 spiro atoms. The maximum absolute atomic E-state index is 12.0. The number of carboxylic acids is 1. The van der Waals surface area contributed by atoms with Gasteiger partial charge in [-0.05, 0) is 29.8 Å². The van der Waals surface area contributed by atoms with Crippen LogP contribution in [0.3, 0.4) is 0 Å². The molecule has 8 nitrogen and oxygen atoms in total. The first-order chi connectivity index (χ1) is 10.8. The van der Waals surface area contributed by atoms with Crippen molar-refractivity contribution in [3.05, 3.63) is 47.0 Å². The number of benzene rings is 2. The Morgan fingerprint density at radius 1 is 0.913 bits per heavy atom. The maximum Gasteiger partial charge on any atom is 0.339 e. The molecule has 0 bridgehead atoms. The third-order valence-electron chi connectivity index (χ3n) is 3.06. The standard InChI is InChI=1S/C15H13NO7/c17-8-4-9(13(20)10(5-8)15(22)23)14(21)16-6-7-1-2-11(18)12(19)3-7/h1-5,17-20H,6H2,(H,16,21)(H,22,23). The number of amides is 1. The molecule has 0 unspecified atom stereocenters. The predicted octanol–water partition coefficient (Wildman–Crippen LogP) is 1.14. The summed E-state index contributed by atoms with van der Waals surface area (Å²) in [6, 6.07) is 5.70. The van der Waals surface area contributed by atoms with Crippen molar-refractivity contribution < 1.29 is 35.1 Å². The SMILES string of the molecule is O=C(O)c1cc(O)cc(C(=O)NCc2ccc(O)c(O)c2)c1O. The van der Waals surface area contributed by atoms with Gasteiger partial charge in [0.05, 0.1) is 5.56 Å². The minimum Gasteiger partial charge on any atom is -0.508 e. The van der Waals surface area contributed by atoms with Crippen LogP contribution in [0.5, 0.6) is 23.0 Å². The Balaban J connectivity index is 2.21. The van der Waals surface area contributed by atoms with Gasteiger partial charge in [0.1, 0.15) is 17.1 Å². The van der Waals surface area contributed by atoms with Crippen LogP contribution in [0.2, 0.25) is 0 Å². The van der Waals surface area contributed by atoms with Gasteiger partial charge in [0.2, 0.25) is 0 Å². The summed E-state index contributed by atoms with van der Waals surface area (Å²) in [7, 11) is 0. The molecule has 0 fully saturated rings. The number of nitrogens with one attached hydrogen (secondary N) is 1. The van der Waals surface area contributed by atoms with Gasteiger partial charge in [-0.15, -0.1) is 0 Å². The van der Waals surface area contributed by atoms with Gasteiger partial charge in [0, 0.05) is 6.54 Å². The van der Waals surface area contributed by atoms with Crippen LogP contribution in [0.25, 0.3) is 0 Å². The second kappa shape index (κ2) is 6.14. The molecule has 0 radical (unpaired) electrons. The number of hydrogen-bond donors (Lipinski definition) is 6. The highest BCUT2D eigenvalue weighted by Crippen LogP contribution is 2.28. The lowest BCUT2D eigenvalue weighted by Gasteiger charge is -2.10. The summed E-state index contributed by atoms with van der Waals surface area (Å²) < 4.78 is 0. The van der Waals surface area contributed by atoms with E-state index in [1.54, 1.807) is 0 Å². The fraction of sp³-hybridized carbons (Fsp3) is 0.0667. The number of aromatic carboxylic acids is 1. The van der Waals surface area contributed by atoms with E-state index in [0.29, 0.717) is 5.56 Å². The van der Waals surface area contributed by atoms with Crippen LogP contribution in [0.1, 0.15) is 26.3 Å². The summed E-state index contributed by atoms with van der Waals surface area (Å²) >= 11 is 0. The first-order valence-electron chi connectivity index (χ1n) is 6.38. The van der Waals surface area contributed by atoms with Crippen molar-refractivity contribution in [3.63, 3.8) is 0 Å². The summed E-state index contributed by atoms with van der Waals surface area (Å²) in [5.74, 6) is -4.21. The van der Waals surface area contributed by atoms with Gasteiger partial charge in [0.15, 0.2) is 11.5 Å². The summed E-state index contributed by atoms with van der Waals surface area (Å²) in [5, 5.41) is 49.1. The van der Waals surface area contributed by atoms with Crippen molar-refractivity contribution in [3.8, 4) is 23.0 Å². The molecule has 0 saturated heterocycles. The molecule has 6 N–H and O–H groups in total. The minimum atomic E-state index is -1.49. The molecule has 0 heterocycles. The van der Waals surface area contributed by atoms with E-state index in [9.17, 15) is 30.0 Å². The molecule has 8 heteroatoms. The van der Waals surface area contributed by atoms with E-state index in [1.807, 2.05) is 0 Å². The van der Waals surface area contributed by atoms with Crippen molar-refractivity contribution >= 4 is 11.9 Å². The van der Waals surface area contributed by atoms with Gasteiger partial charge >= 0.3 is 5.97 Å². The van der Waals surface area contributed by atoms with Crippen molar-refractivity contribution in [2.75, 3.05) is 0 Å². The highest BCUT2D eigenvalue weighted by molar-refractivity contribution is 6.02. The largest absolute Gasteiger partial charge is 0.508 e. The third kappa shape index (κ3) is 3.43. The summed E-state index contributed by atoms with van der Waals surface area (Å²) in [6.45, 7) is -0.0514. The normalized spacial score (nSPS) is 10.3.